The van der Waals surface area contributed by atoms with Gasteiger partial charge in [0, 0.05) is 30.3 Å². The molecule has 0 bridgehead atoms. The third-order valence-corrected chi connectivity index (χ3v) is 6.67. The van der Waals surface area contributed by atoms with Crippen molar-refractivity contribution in [3.05, 3.63) is 58.6 Å². The number of halogens is 1. The van der Waals surface area contributed by atoms with Crippen molar-refractivity contribution >= 4 is 38.9 Å². The minimum Gasteiger partial charge on any atom is -0.372 e. The van der Waals surface area contributed by atoms with Crippen LogP contribution < -0.4 is 14.5 Å². The average Bonchev–Trinajstić information content (AvgIpc) is 2.73. The Bertz CT molecular complexity index is 990. The zero-order valence-corrected chi connectivity index (χ0v) is 20.4. The number of amides is 1. The first kappa shape index (κ1) is 25.0. The summed E-state index contributed by atoms with van der Waals surface area (Å²) in [6, 6.07) is 12.2. The maximum atomic E-state index is 13.0. The molecule has 6 nitrogen and oxygen atoms in total. The van der Waals surface area contributed by atoms with Crippen molar-refractivity contribution in [2.24, 2.45) is 0 Å². The molecule has 2 rings (SSSR count). The fourth-order valence-electron chi connectivity index (χ4n) is 3.58. The number of hydrogen-bond acceptors (Lipinski definition) is 4. The molecule has 2 aromatic carbocycles. The van der Waals surface area contributed by atoms with Gasteiger partial charge in [-0.15, -0.1) is 0 Å². The van der Waals surface area contributed by atoms with E-state index in [2.05, 4.69) is 24.1 Å². The SMILES string of the molecule is CC[C@H](C(=O)NCc1ccc(N(CC)CC)cc1)N(c1cc(Cl)ccc1C)S(C)(=O)=O. The van der Waals surface area contributed by atoms with Crippen molar-refractivity contribution < 1.29 is 13.2 Å². The van der Waals surface area contributed by atoms with Gasteiger partial charge in [0.1, 0.15) is 6.04 Å². The van der Waals surface area contributed by atoms with Crippen LogP contribution in [0, 0.1) is 6.92 Å². The minimum absolute atomic E-state index is 0.319. The number of carbonyl (C=O) groups excluding carboxylic acids is 1. The van der Waals surface area contributed by atoms with Crippen LogP contribution in [0.4, 0.5) is 11.4 Å². The number of hydrogen-bond donors (Lipinski definition) is 1. The van der Waals surface area contributed by atoms with Gasteiger partial charge in [0.05, 0.1) is 11.9 Å². The number of carbonyl (C=O) groups is 1. The molecule has 1 N–H and O–H groups in total. The fraction of sp³-hybridized carbons (Fsp3) is 0.435. The van der Waals surface area contributed by atoms with E-state index < -0.39 is 16.1 Å². The zero-order valence-electron chi connectivity index (χ0n) is 18.9. The molecule has 0 radical (unpaired) electrons. The smallest absolute Gasteiger partial charge is 0.244 e. The monoisotopic (exact) mass is 465 g/mol. The number of anilines is 2. The van der Waals surface area contributed by atoms with E-state index in [0.29, 0.717) is 23.7 Å². The van der Waals surface area contributed by atoms with Gasteiger partial charge in [0.2, 0.25) is 15.9 Å². The lowest BCUT2D eigenvalue weighted by molar-refractivity contribution is -0.122. The fourth-order valence-corrected chi connectivity index (χ4v) is 5.00. The Kier molecular flexibility index (Phi) is 8.77. The lowest BCUT2D eigenvalue weighted by Gasteiger charge is -2.31. The summed E-state index contributed by atoms with van der Waals surface area (Å²) in [5.74, 6) is -0.347. The Morgan fingerprint density at radius 2 is 1.68 bits per heavy atom. The second-order valence-corrected chi connectivity index (χ2v) is 9.77. The van der Waals surface area contributed by atoms with Crippen LogP contribution >= 0.6 is 11.6 Å². The number of nitrogens with zero attached hydrogens (tertiary/aromatic N) is 2. The van der Waals surface area contributed by atoms with Gasteiger partial charge in [-0.3, -0.25) is 9.10 Å². The topological polar surface area (TPSA) is 69.7 Å². The van der Waals surface area contributed by atoms with Gasteiger partial charge >= 0.3 is 0 Å². The van der Waals surface area contributed by atoms with E-state index in [4.69, 9.17) is 11.6 Å². The van der Waals surface area contributed by atoms with E-state index in [-0.39, 0.29) is 5.91 Å². The van der Waals surface area contributed by atoms with E-state index >= 15 is 0 Å². The molecule has 0 spiro atoms. The molecule has 0 aliphatic rings. The van der Waals surface area contributed by atoms with E-state index in [1.54, 1.807) is 32.0 Å². The molecule has 170 valence electrons. The Morgan fingerprint density at radius 3 is 2.19 bits per heavy atom. The number of benzene rings is 2. The minimum atomic E-state index is -3.71. The second-order valence-electron chi connectivity index (χ2n) is 7.47. The quantitative estimate of drug-likeness (QED) is 0.566. The van der Waals surface area contributed by atoms with Gasteiger partial charge in [-0.1, -0.05) is 36.7 Å². The molecule has 0 unspecified atom stereocenters. The first-order valence-corrected chi connectivity index (χ1v) is 12.7. The zero-order chi connectivity index (χ0) is 23.2. The highest BCUT2D eigenvalue weighted by Crippen LogP contribution is 2.29. The van der Waals surface area contributed by atoms with E-state index in [1.807, 2.05) is 24.3 Å². The summed E-state index contributed by atoms with van der Waals surface area (Å²) in [4.78, 5) is 15.3. The highest BCUT2D eigenvalue weighted by Gasteiger charge is 2.32. The lowest BCUT2D eigenvalue weighted by atomic mass is 10.1. The Balaban J connectivity index is 2.21. The Hall–Kier alpha value is -2.25. The maximum Gasteiger partial charge on any atom is 0.244 e. The molecule has 0 aliphatic heterocycles. The maximum absolute atomic E-state index is 13.0. The summed E-state index contributed by atoms with van der Waals surface area (Å²) < 4.78 is 26.4. The van der Waals surface area contributed by atoms with Crippen LogP contribution in [-0.4, -0.2) is 39.7 Å². The van der Waals surface area contributed by atoms with Crippen LogP contribution in [0.15, 0.2) is 42.5 Å². The normalized spacial score (nSPS) is 12.3. The van der Waals surface area contributed by atoms with Crippen molar-refractivity contribution in [2.45, 2.75) is 46.7 Å². The van der Waals surface area contributed by atoms with Gasteiger partial charge in [0.15, 0.2) is 0 Å². The highest BCUT2D eigenvalue weighted by molar-refractivity contribution is 7.92. The molecule has 0 heterocycles. The van der Waals surface area contributed by atoms with Crippen LogP contribution in [0.2, 0.25) is 5.02 Å². The van der Waals surface area contributed by atoms with Crippen LogP contribution in [0.1, 0.15) is 38.3 Å². The molecule has 0 aliphatic carbocycles. The molecule has 31 heavy (non-hydrogen) atoms. The van der Waals surface area contributed by atoms with Crippen LogP contribution in [0.5, 0.6) is 0 Å². The summed E-state index contributed by atoms with van der Waals surface area (Å²) in [6.07, 6.45) is 1.43. The van der Waals surface area contributed by atoms with Gasteiger partial charge in [-0.05, 0) is 62.6 Å². The van der Waals surface area contributed by atoms with Crippen molar-refractivity contribution in [3.63, 3.8) is 0 Å². The third kappa shape index (κ3) is 6.37. The van der Waals surface area contributed by atoms with E-state index in [1.165, 1.54) is 4.31 Å². The first-order valence-electron chi connectivity index (χ1n) is 10.5. The van der Waals surface area contributed by atoms with Crippen LogP contribution in [-0.2, 0) is 21.4 Å². The van der Waals surface area contributed by atoms with E-state index in [0.717, 1.165) is 36.2 Å². The molecule has 2 aromatic rings. The molecule has 1 amide bonds. The van der Waals surface area contributed by atoms with Crippen LogP contribution in [0.3, 0.4) is 0 Å². The molecule has 0 saturated carbocycles. The average molecular weight is 466 g/mol. The van der Waals surface area contributed by atoms with Crippen molar-refractivity contribution in [1.29, 1.82) is 0 Å². The molecule has 0 aromatic heterocycles. The largest absolute Gasteiger partial charge is 0.372 e. The predicted octanol–water partition coefficient (Wildman–Crippen LogP) is 4.36. The summed E-state index contributed by atoms with van der Waals surface area (Å²) in [6.45, 7) is 9.98. The van der Waals surface area contributed by atoms with Gasteiger partial charge in [-0.25, -0.2) is 8.42 Å². The Labute approximate surface area is 191 Å². The molecule has 8 heteroatoms. The van der Waals surface area contributed by atoms with Gasteiger partial charge < -0.3 is 10.2 Å². The molecular weight excluding hydrogens is 434 g/mol. The Morgan fingerprint density at radius 1 is 1.06 bits per heavy atom. The van der Waals surface area contributed by atoms with Gasteiger partial charge in [0.25, 0.3) is 0 Å². The van der Waals surface area contributed by atoms with Crippen molar-refractivity contribution in [1.82, 2.24) is 5.32 Å². The lowest BCUT2D eigenvalue weighted by Crippen LogP contribution is -2.49. The number of nitrogens with one attached hydrogen (secondary N) is 1. The van der Waals surface area contributed by atoms with Crippen molar-refractivity contribution in [3.8, 4) is 0 Å². The summed E-state index contributed by atoms with van der Waals surface area (Å²) in [5, 5.41) is 3.31. The van der Waals surface area contributed by atoms with Crippen molar-refractivity contribution in [2.75, 3.05) is 28.6 Å². The third-order valence-electron chi connectivity index (χ3n) is 5.27. The number of aryl methyl sites for hydroxylation is 1. The molecule has 0 saturated heterocycles. The predicted molar refractivity (Wildman–Crippen MR) is 129 cm³/mol. The molecular formula is C23H32ClN3O3S. The van der Waals surface area contributed by atoms with E-state index in [9.17, 15) is 13.2 Å². The standard InChI is InChI=1S/C23H32ClN3O3S/c1-6-21(27(31(5,29)30)22-15-19(24)12-9-17(22)4)23(28)25-16-18-10-13-20(14-11-18)26(7-2)8-3/h9-15,21H,6-8,16H2,1-5H3,(H,25,28)/t21-/m1/s1. The molecule has 1 atom stereocenters. The van der Waals surface area contributed by atoms with Crippen LogP contribution in [0.25, 0.3) is 0 Å². The highest BCUT2D eigenvalue weighted by atomic mass is 35.5. The number of rotatable bonds is 10. The first-order chi connectivity index (χ1) is 14.6. The van der Waals surface area contributed by atoms with Gasteiger partial charge in [-0.2, -0.15) is 0 Å². The second kappa shape index (κ2) is 10.9. The number of sulfonamides is 1. The molecule has 0 fully saturated rings. The summed E-state index contributed by atoms with van der Waals surface area (Å²) in [5.41, 5.74) is 3.23. The summed E-state index contributed by atoms with van der Waals surface area (Å²) in [7, 11) is -3.71. The summed E-state index contributed by atoms with van der Waals surface area (Å²) >= 11 is 6.11.